The molecule has 0 heterocycles. The van der Waals surface area contributed by atoms with Crippen molar-refractivity contribution in [2.24, 2.45) is 0 Å². The molecule has 1 aromatic rings. The Morgan fingerprint density at radius 3 is 2.88 bits per heavy atom. The van der Waals surface area contributed by atoms with Crippen LogP contribution in [0.3, 0.4) is 0 Å². The highest BCUT2D eigenvalue weighted by Gasteiger charge is 2.16. The molecule has 0 aliphatic rings. The molecule has 1 rings (SSSR count). The van der Waals surface area contributed by atoms with Crippen molar-refractivity contribution in [2.75, 3.05) is 12.8 Å². The number of amides is 1. The Morgan fingerprint density at radius 2 is 2.35 bits per heavy atom. The molecular formula is C11H10N2O3S. The number of benzene rings is 1. The van der Waals surface area contributed by atoms with Crippen LogP contribution in [0.1, 0.15) is 10.4 Å². The van der Waals surface area contributed by atoms with E-state index in [2.05, 4.69) is 11.2 Å². The van der Waals surface area contributed by atoms with E-state index in [1.54, 1.807) is 12.3 Å². The maximum absolute atomic E-state index is 11.5. The summed E-state index contributed by atoms with van der Waals surface area (Å²) in [5.41, 5.74) is 0.149. The Labute approximate surface area is 103 Å². The second-order valence-corrected chi connectivity index (χ2v) is 3.88. The molecule has 0 radical (unpaired) electrons. The largest absolute Gasteiger partial charge is 0.341 e. The number of nitrogens with zero attached hydrogens (tertiary/aromatic N) is 1. The highest BCUT2D eigenvalue weighted by Crippen LogP contribution is 2.28. The van der Waals surface area contributed by atoms with Crippen LogP contribution in [0.15, 0.2) is 23.1 Å². The van der Waals surface area contributed by atoms with Crippen LogP contribution in [-0.2, 0) is 0 Å². The molecule has 1 N–H and O–H groups in total. The Balaban J connectivity index is 3.04. The molecule has 0 unspecified atom stereocenters. The van der Waals surface area contributed by atoms with E-state index in [4.69, 9.17) is 6.42 Å². The van der Waals surface area contributed by atoms with Gasteiger partial charge < -0.3 is 5.32 Å². The van der Waals surface area contributed by atoms with Crippen LogP contribution in [0.2, 0.25) is 0 Å². The molecule has 0 atom stereocenters. The van der Waals surface area contributed by atoms with Gasteiger partial charge in [-0.1, -0.05) is 5.92 Å². The summed E-state index contributed by atoms with van der Waals surface area (Å²) < 4.78 is 0. The van der Waals surface area contributed by atoms with Crippen molar-refractivity contribution in [3.63, 3.8) is 0 Å². The second kappa shape index (κ2) is 5.92. The normalized spacial score (nSPS) is 9.41. The number of rotatable bonds is 4. The third-order valence-electron chi connectivity index (χ3n) is 1.99. The fraction of sp³-hybridized carbons (Fsp3) is 0.182. The van der Waals surface area contributed by atoms with Gasteiger partial charge in [-0.05, 0) is 18.4 Å². The van der Waals surface area contributed by atoms with Crippen molar-refractivity contribution < 1.29 is 9.72 Å². The first-order valence-electron chi connectivity index (χ1n) is 4.64. The molecule has 5 nitrogen and oxygen atoms in total. The van der Waals surface area contributed by atoms with Gasteiger partial charge in [0, 0.05) is 11.6 Å². The van der Waals surface area contributed by atoms with Gasteiger partial charge in [0.1, 0.15) is 0 Å². The van der Waals surface area contributed by atoms with Crippen LogP contribution >= 0.6 is 11.8 Å². The van der Waals surface area contributed by atoms with Crippen molar-refractivity contribution in [1.82, 2.24) is 5.32 Å². The lowest BCUT2D eigenvalue weighted by atomic mass is 10.2. The number of nitro groups is 1. The molecule has 0 bridgehead atoms. The SMILES string of the molecule is C#CCNC(=O)c1ccc(SC)c([N+](=O)[O-])c1. The van der Waals surface area contributed by atoms with Gasteiger partial charge in [-0.15, -0.1) is 18.2 Å². The van der Waals surface area contributed by atoms with Gasteiger partial charge in [-0.3, -0.25) is 14.9 Å². The smallest absolute Gasteiger partial charge is 0.283 e. The van der Waals surface area contributed by atoms with E-state index in [0.717, 1.165) is 0 Å². The van der Waals surface area contributed by atoms with Crippen molar-refractivity contribution in [3.8, 4) is 12.3 Å². The fourth-order valence-corrected chi connectivity index (χ4v) is 1.75. The summed E-state index contributed by atoms with van der Waals surface area (Å²) in [6.07, 6.45) is 6.74. The average Bonchev–Trinajstić information content (AvgIpc) is 2.34. The molecule has 0 aliphatic heterocycles. The molecule has 0 fully saturated rings. The monoisotopic (exact) mass is 250 g/mol. The number of nitro benzene ring substituents is 1. The topological polar surface area (TPSA) is 72.2 Å². The molecule has 88 valence electrons. The third kappa shape index (κ3) is 3.23. The molecule has 0 aromatic heterocycles. The molecule has 1 amide bonds. The van der Waals surface area contributed by atoms with E-state index in [1.807, 2.05) is 0 Å². The van der Waals surface area contributed by atoms with Crippen LogP contribution in [0.5, 0.6) is 0 Å². The zero-order valence-corrected chi connectivity index (χ0v) is 9.91. The highest BCUT2D eigenvalue weighted by molar-refractivity contribution is 7.98. The predicted octanol–water partition coefficient (Wildman–Crippen LogP) is 1.68. The maximum atomic E-state index is 11.5. The van der Waals surface area contributed by atoms with Crippen molar-refractivity contribution in [1.29, 1.82) is 0 Å². The third-order valence-corrected chi connectivity index (χ3v) is 2.77. The Kier molecular flexibility index (Phi) is 4.55. The number of thioether (sulfide) groups is 1. The van der Waals surface area contributed by atoms with E-state index in [1.165, 1.54) is 23.9 Å². The lowest BCUT2D eigenvalue weighted by molar-refractivity contribution is -0.387. The average molecular weight is 250 g/mol. The summed E-state index contributed by atoms with van der Waals surface area (Å²) >= 11 is 1.26. The number of carbonyl (C=O) groups is 1. The second-order valence-electron chi connectivity index (χ2n) is 3.03. The highest BCUT2D eigenvalue weighted by atomic mass is 32.2. The first-order valence-corrected chi connectivity index (χ1v) is 5.86. The fourth-order valence-electron chi connectivity index (χ4n) is 1.21. The van der Waals surface area contributed by atoms with Crippen LogP contribution in [0.25, 0.3) is 0 Å². The summed E-state index contributed by atoms with van der Waals surface area (Å²) in [4.78, 5) is 22.3. The Hall–Kier alpha value is -2.00. The first kappa shape index (κ1) is 13.1. The van der Waals surface area contributed by atoms with Crippen molar-refractivity contribution >= 4 is 23.4 Å². The summed E-state index contributed by atoms with van der Waals surface area (Å²) in [6.45, 7) is 0.0942. The minimum atomic E-state index is -0.510. The predicted molar refractivity (Wildman–Crippen MR) is 66.0 cm³/mol. The summed E-state index contributed by atoms with van der Waals surface area (Å²) in [7, 11) is 0. The number of hydrogen-bond donors (Lipinski definition) is 1. The van der Waals surface area contributed by atoms with Gasteiger partial charge >= 0.3 is 0 Å². The van der Waals surface area contributed by atoms with E-state index in [9.17, 15) is 14.9 Å². The van der Waals surface area contributed by atoms with E-state index >= 15 is 0 Å². The van der Waals surface area contributed by atoms with Gasteiger partial charge in [-0.2, -0.15) is 0 Å². The number of carbonyl (C=O) groups excluding carboxylic acids is 1. The Bertz CT molecular complexity index is 494. The molecular weight excluding hydrogens is 240 g/mol. The lowest BCUT2D eigenvalue weighted by Crippen LogP contribution is -2.23. The molecule has 0 spiro atoms. The molecule has 6 heteroatoms. The van der Waals surface area contributed by atoms with E-state index in [0.29, 0.717) is 4.90 Å². The molecule has 1 aromatic carbocycles. The summed E-state index contributed by atoms with van der Waals surface area (Å²) in [6, 6.07) is 4.33. The number of terminal acetylenes is 1. The van der Waals surface area contributed by atoms with Gasteiger partial charge in [0.2, 0.25) is 0 Å². The van der Waals surface area contributed by atoms with Gasteiger partial charge in [0.05, 0.1) is 16.4 Å². The maximum Gasteiger partial charge on any atom is 0.283 e. The first-order chi connectivity index (χ1) is 8.10. The van der Waals surface area contributed by atoms with Gasteiger partial charge in [-0.25, -0.2) is 0 Å². The van der Waals surface area contributed by atoms with Gasteiger partial charge in [0.15, 0.2) is 0 Å². The minimum Gasteiger partial charge on any atom is -0.341 e. The van der Waals surface area contributed by atoms with Crippen LogP contribution in [-0.4, -0.2) is 23.6 Å². The number of nitrogens with one attached hydrogen (secondary N) is 1. The molecule has 17 heavy (non-hydrogen) atoms. The lowest BCUT2D eigenvalue weighted by Gasteiger charge is -2.03. The zero-order valence-electron chi connectivity index (χ0n) is 9.10. The molecule has 0 aliphatic carbocycles. The van der Waals surface area contributed by atoms with Crippen LogP contribution < -0.4 is 5.32 Å². The Morgan fingerprint density at radius 1 is 1.65 bits per heavy atom. The standard InChI is InChI=1S/C11H10N2O3S/c1-3-6-12-11(14)8-4-5-10(17-2)9(7-8)13(15)16/h1,4-5,7H,6H2,2H3,(H,12,14). The van der Waals surface area contributed by atoms with Crippen LogP contribution in [0.4, 0.5) is 5.69 Å². The minimum absolute atomic E-state index is 0.0779. The van der Waals surface area contributed by atoms with Crippen LogP contribution in [0, 0.1) is 22.5 Å². The van der Waals surface area contributed by atoms with E-state index in [-0.39, 0.29) is 17.8 Å². The summed E-state index contributed by atoms with van der Waals surface area (Å²) in [5.74, 6) is 1.84. The quantitative estimate of drug-likeness (QED) is 0.382. The number of hydrogen-bond acceptors (Lipinski definition) is 4. The molecule has 0 saturated heterocycles. The van der Waals surface area contributed by atoms with Crippen molar-refractivity contribution in [3.05, 3.63) is 33.9 Å². The van der Waals surface area contributed by atoms with E-state index < -0.39 is 10.8 Å². The summed E-state index contributed by atoms with van der Waals surface area (Å²) in [5, 5.41) is 13.2. The zero-order chi connectivity index (χ0) is 12.8. The van der Waals surface area contributed by atoms with Gasteiger partial charge in [0.25, 0.3) is 11.6 Å². The molecule has 0 saturated carbocycles. The van der Waals surface area contributed by atoms with Crippen molar-refractivity contribution in [2.45, 2.75) is 4.90 Å².